The lowest BCUT2D eigenvalue weighted by Gasteiger charge is -2.33. The number of amides is 1. The molecule has 4 nitrogen and oxygen atoms in total. The second-order valence-corrected chi connectivity index (χ2v) is 12.0. The smallest absolute Gasteiger partial charge is 0.221 e. The first kappa shape index (κ1) is 28.7. The van der Waals surface area contributed by atoms with Crippen LogP contribution in [0.1, 0.15) is 86.8 Å². The number of fused-ring (bicyclic) bond motifs is 1. The highest BCUT2D eigenvalue weighted by Crippen LogP contribution is 2.36. The summed E-state index contributed by atoms with van der Waals surface area (Å²) in [5.74, 6) is 0.995. The summed E-state index contributed by atoms with van der Waals surface area (Å²) in [7, 11) is 4.33. The largest absolute Gasteiger partial charge is 0.353 e. The van der Waals surface area contributed by atoms with Crippen molar-refractivity contribution in [1.82, 2.24) is 14.8 Å². The Bertz CT molecular complexity index is 1190. The number of carbonyl (C=O) groups is 1. The van der Waals surface area contributed by atoms with Crippen molar-refractivity contribution in [2.24, 2.45) is 5.92 Å². The summed E-state index contributed by atoms with van der Waals surface area (Å²) < 4.78 is 2.49. The monoisotopic (exact) mass is 535 g/mol. The summed E-state index contributed by atoms with van der Waals surface area (Å²) >= 11 is 0. The van der Waals surface area contributed by atoms with Gasteiger partial charge in [0, 0.05) is 48.1 Å². The first-order valence-electron chi connectivity index (χ1n) is 14.6. The van der Waals surface area contributed by atoms with Crippen molar-refractivity contribution in [3.05, 3.63) is 71.4 Å². The third-order valence-electron chi connectivity index (χ3n) is 9.00. The number of hydrogen-bond donors (Lipinski definition) is 1. The van der Waals surface area contributed by atoms with E-state index in [9.17, 15) is 4.79 Å². The molecule has 1 atom stereocenters. The highest BCUT2D eigenvalue weighted by Gasteiger charge is 2.27. The van der Waals surface area contributed by atoms with Gasteiger partial charge >= 0.3 is 0 Å². The molecule has 0 radical (unpaired) electrons. The minimum Gasteiger partial charge on any atom is -0.353 e. The van der Waals surface area contributed by atoms with Crippen LogP contribution in [0, 0.1) is 12.8 Å². The van der Waals surface area contributed by atoms with Crippen molar-refractivity contribution in [1.29, 1.82) is 0 Å². The third kappa shape index (κ3) is 6.82. The fourth-order valence-electron chi connectivity index (χ4n) is 6.85. The number of nitrogens with zero attached hydrogens (tertiary/aromatic N) is 2. The SMILES string of the molecule is Cc1cccc(C(CC(=O)NC2CCC(N(C)C)CC2)c2cn(CC3CCCCC3)c3ccccc23)c1.Cl. The maximum atomic E-state index is 13.5. The summed E-state index contributed by atoms with van der Waals surface area (Å²) in [6.07, 6.45) is 14.1. The minimum atomic E-state index is 0. The van der Waals surface area contributed by atoms with Crippen LogP contribution in [0.25, 0.3) is 10.9 Å². The Balaban J connectivity index is 0.00000336. The van der Waals surface area contributed by atoms with E-state index in [1.54, 1.807) is 0 Å². The van der Waals surface area contributed by atoms with Gasteiger partial charge in [-0.3, -0.25) is 4.79 Å². The minimum absolute atomic E-state index is 0. The highest BCUT2D eigenvalue weighted by molar-refractivity contribution is 5.87. The van der Waals surface area contributed by atoms with Crippen LogP contribution < -0.4 is 5.32 Å². The zero-order valence-corrected chi connectivity index (χ0v) is 24.3. The van der Waals surface area contributed by atoms with Gasteiger partial charge in [0.05, 0.1) is 0 Å². The molecule has 0 aliphatic heterocycles. The molecule has 3 aromatic rings. The zero-order chi connectivity index (χ0) is 25.8. The maximum absolute atomic E-state index is 13.5. The molecule has 0 bridgehead atoms. The van der Waals surface area contributed by atoms with E-state index >= 15 is 0 Å². The van der Waals surface area contributed by atoms with E-state index in [1.165, 1.54) is 59.7 Å². The van der Waals surface area contributed by atoms with E-state index in [-0.39, 0.29) is 24.2 Å². The van der Waals surface area contributed by atoms with Gasteiger partial charge in [0.15, 0.2) is 0 Å². The van der Waals surface area contributed by atoms with Crippen LogP contribution >= 0.6 is 12.4 Å². The van der Waals surface area contributed by atoms with Crippen LogP contribution in [0.5, 0.6) is 0 Å². The highest BCUT2D eigenvalue weighted by atomic mass is 35.5. The fourth-order valence-corrected chi connectivity index (χ4v) is 6.85. The fraction of sp³-hybridized carbons (Fsp3) is 0.545. The van der Waals surface area contributed by atoms with E-state index in [2.05, 4.69) is 90.5 Å². The van der Waals surface area contributed by atoms with Crippen LogP contribution in [-0.4, -0.2) is 41.6 Å². The molecule has 38 heavy (non-hydrogen) atoms. The molecule has 2 saturated carbocycles. The summed E-state index contributed by atoms with van der Waals surface area (Å²) in [5, 5.41) is 4.71. The number of aromatic nitrogens is 1. The lowest BCUT2D eigenvalue weighted by molar-refractivity contribution is -0.122. The molecule has 1 heterocycles. The Labute approximate surface area is 235 Å². The Kier molecular flexibility index (Phi) is 9.95. The summed E-state index contributed by atoms with van der Waals surface area (Å²) in [5.41, 5.74) is 5.09. The molecule has 0 saturated heterocycles. The predicted molar refractivity (Wildman–Crippen MR) is 161 cm³/mol. The van der Waals surface area contributed by atoms with E-state index in [1.807, 2.05) is 0 Å². The van der Waals surface area contributed by atoms with Gasteiger partial charge in [-0.05, 0) is 82.7 Å². The lowest BCUT2D eigenvalue weighted by Crippen LogP contribution is -2.42. The lowest BCUT2D eigenvalue weighted by atomic mass is 9.86. The Morgan fingerprint density at radius 3 is 2.42 bits per heavy atom. The van der Waals surface area contributed by atoms with Gasteiger partial charge in [-0.15, -0.1) is 12.4 Å². The normalized spacial score (nSPS) is 21.3. The molecule has 2 aliphatic carbocycles. The van der Waals surface area contributed by atoms with Gasteiger partial charge in [-0.2, -0.15) is 0 Å². The van der Waals surface area contributed by atoms with Crippen LogP contribution in [0.15, 0.2) is 54.7 Å². The molecule has 1 aromatic heterocycles. The summed E-state index contributed by atoms with van der Waals surface area (Å²) in [6.45, 7) is 3.23. The first-order valence-corrected chi connectivity index (χ1v) is 14.6. The molecule has 0 spiro atoms. The molecule has 206 valence electrons. The van der Waals surface area contributed by atoms with Gasteiger partial charge in [-0.1, -0.05) is 67.3 Å². The Hall–Kier alpha value is -2.30. The second kappa shape index (κ2) is 13.2. The number of benzene rings is 2. The van der Waals surface area contributed by atoms with Crippen molar-refractivity contribution in [3.8, 4) is 0 Å². The van der Waals surface area contributed by atoms with Crippen molar-refractivity contribution >= 4 is 29.2 Å². The van der Waals surface area contributed by atoms with Crippen molar-refractivity contribution in [2.75, 3.05) is 14.1 Å². The molecule has 1 N–H and O–H groups in total. The van der Waals surface area contributed by atoms with Gasteiger partial charge in [-0.25, -0.2) is 0 Å². The Morgan fingerprint density at radius 1 is 0.974 bits per heavy atom. The molecule has 2 fully saturated rings. The van der Waals surface area contributed by atoms with E-state index < -0.39 is 0 Å². The Morgan fingerprint density at radius 2 is 1.71 bits per heavy atom. The molecule has 5 heteroatoms. The van der Waals surface area contributed by atoms with Crippen molar-refractivity contribution in [2.45, 2.75) is 95.7 Å². The van der Waals surface area contributed by atoms with Crippen molar-refractivity contribution < 1.29 is 4.79 Å². The standard InChI is InChI=1S/C33H45N3O.ClH/c1-24-10-9-13-26(20-24)30(21-33(37)34-27-16-18-28(19-17-27)35(2)3)31-23-36(22-25-11-5-4-6-12-25)32-15-8-7-14-29(31)32;/h7-10,13-15,20,23,25,27-28,30H,4-6,11-12,16-19,21-22H2,1-3H3,(H,34,37);1H. The van der Waals surface area contributed by atoms with E-state index in [4.69, 9.17) is 0 Å². The molecule has 5 rings (SSSR count). The summed E-state index contributed by atoms with van der Waals surface area (Å²) in [4.78, 5) is 15.8. The average molecular weight is 536 g/mol. The number of nitrogens with one attached hydrogen (secondary N) is 1. The van der Waals surface area contributed by atoms with Gasteiger partial charge in [0.25, 0.3) is 0 Å². The van der Waals surface area contributed by atoms with Crippen LogP contribution in [-0.2, 0) is 11.3 Å². The predicted octanol–water partition coefficient (Wildman–Crippen LogP) is 7.46. The first-order chi connectivity index (χ1) is 18.0. The topological polar surface area (TPSA) is 37.3 Å². The van der Waals surface area contributed by atoms with Crippen LogP contribution in [0.2, 0.25) is 0 Å². The van der Waals surface area contributed by atoms with Crippen LogP contribution in [0.3, 0.4) is 0 Å². The summed E-state index contributed by atoms with van der Waals surface area (Å²) in [6, 6.07) is 18.5. The number of carbonyl (C=O) groups excluding carboxylic acids is 1. The average Bonchev–Trinajstić information content (AvgIpc) is 3.26. The zero-order valence-electron chi connectivity index (χ0n) is 23.5. The van der Waals surface area contributed by atoms with Crippen LogP contribution in [0.4, 0.5) is 0 Å². The number of rotatable bonds is 8. The maximum Gasteiger partial charge on any atom is 0.221 e. The molecular formula is C33H46ClN3O. The van der Waals surface area contributed by atoms with E-state index in [0.717, 1.165) is 38.1 Å². The second-order valence-electron chi connectivity index (χ2n) is 12.0. The molecular weight excluding hydrogens is 490 g/mol. The molecule has 2 aliphatic rings. The molecule has 1 unspecified atom stereocenters. The van der Waals surface area contributed by atoms with Gasteiger partial charge in [0.2, 0.25) is 5.91 Å². The van der Waals surface area contributed by atoms with Crippen molar-refractivity contribution in [3.63, 3.8) is 0 Å². The molecule has 2 aromatic carbocycles. The molecule has 1 amide bonds. The number of hydrogen-bond acceptors (Lipinski definition) is 2. The van der Waals surface area contributed by atoms with E-state index in [0.29, 0.717) is 18.5 Å². The number of para-hydroxylation sites is 1. The number of halogens is 1. The third-order valence-corrected chi connectivity index (χ3v) is 9.00. The quantitative estimate of drug-likeness (QED) is 0.325. The van der Waals surface area contributed by atoms with Gasteiger partial charge in [0.1, 0.15) is 0 Å². The number of aryl methyl sites for hydroxylation is 1. The van der Waals surface area contributed by atoms with Gasteiger partial charge < -0.3 is 14.8 Å².